The molecule has 1 amide bonds. The number of hydrogen-bond acceptors (Lipinski definition) is 2. The smallest absolute Gasteiger partial charge is 0.252 e. The molecule has 1 aromatic carbocycles. The first kappa shape index (κ1) is 12.4. The van der Waals surface area contributed by atoms with E-state index >= 15 is 0 Å². The molecule has 1 atom stereocenters. The molecule has 0 aliphatic carbocycles. The van der Waals surface area contributed by atoms with Crippen LogP contribution in [0, 0.1) is 13.8 Å². The van der Waals surface area contributed by atoms with Gasteiger partial charge in [-0.25, -0.2) is 0 Å². The maximum atomic E-state index is 12.1. The average Bonchev–Trinajstić information content (AvgIpc) is 2.76. The third kappa shape index (κ3) is 2.62. The van der Waals surface area contributed by atoms with Gasteiger partial charge in [0.15, 0.2) is 0 Å². The summed E-state index contributed by atoms with van der Waals surface area (Å²) in [5, 5.41) is 2.93. The average molecular weight is 243 g/mol. The fourth-order valence-electron chi connectivity index (χ4n) is 1.86. The van der Waals surface area contributed by atoms with Gasteiger partial charge in [-0.1, -0.05) is 18.2 Å². The summed E-state index contributed by atoms with van der Waals surface area (Å²) in [6, 6.07) is 11.2. The van der Waals surface area contributed by atoms with Gasteiger partial charge < -0.3 is 9.73 Å². The Bertz CT molecular complexity index is 557. The molecule has 1 heterocycles. The van der Waals surface area contributed by atoms with Gasteiger partial charge in [0.25, 0.3) is 5.91 Å². The highest BCUT2D eigenvalue weighted by molar-refractivity contribution is 5.95. The number of rotatable bonds is 3. The van der Waals surface area contributed by atoms with Gasteiger partial charge in [0.05, 0.1) is 6.04 Å². The number of nitrogens with one attached hydrogen (secondary N) is 1. The summed E-state index contributed by atoms with van der Waals surface area (Å²) in [5.74, 6) is 1.55. The van der Waals surface area contributed by atoms with E-state index in [2.05, 4.69) is 5.32 Å². The van der Waals surface area contributed by atoms with E-state index in [0.717, 1.165) is 17.1 Å². The number of benzene rings is 1. The Morgan fingerprint density at radius 1 is 1.17 bits per heavy atom. The van der Waals surface area contributed by atoms with Crippen molar-refractivity contribution in [1.82, 2.24) is 5.32 Å². The monoisotopic (exact) mass is 243 g/mol. The molecule has 94 valence electrons. The lowest BCUT2D eigenvalue weighted by molar-refractivity contribution is 0.0934. The summed E-state index contributed by atoms with van der Waals surface area (Å²) in [7, 11) is 0. The third-order valence-corrected chi connectivity index (χ3v) is 2.93. The van der Waals surface area contributed by atoms with Gasteiger partial charge in [-0.3, -0.25) is 4.79 Å². The molecule has 1 N–H and O–H groups in total. The zero-order valence-corrected chi connectivity index (χ0v) is 10.9. The van der Waals surface area contributed by atoms with Gasteiger partial charge in [0, 0.05) is 5.56 Å². The lowest BCUT2D eigenvalue weighted by Gasteiger charge is -2.12. The Morgan fingerprint density at radius 3 is 2.50 bits per heavy atom. The second-order valence-electron chi connectivity index (χ2n) is 4.46. The van der Waals surface area contributed by atoms with Crippen LogP contribution in [0.25, 0.3) is 0 Å². The molecule has 2 rings (SSSR count). The van der Waals surface area contributed by atoms with E-state index < -0.39 is 0 Å². The van der Waals surface area contributed by atoms with Gasteiger partial charge in [0.1, 0.15) is 11.5 Å². The highest BCUT2D eigenvalue weighted by atomic mass is 16.3. The molecule has 0 radical (unpaired) electrons. The molecular weight excluding hydrogens is 226 g/mol. The largest absolute Gasteiger partial charge is 0.464 e. The summed E-state index contributed by atoms with van der Waals surface area (Å²) in [4.78, 5) is 12.1. The Hall–Kier alpha value is -2.03. The van der Waals surface area contributed by atoms with Crippen LogP contribution >= 0.6 is 0 Å². The fourth-order valence-corrected chi connectivity index (χ4v) is 1.86. The number of furan rings is 1. The van der Waals surface area contributed by atoms with Crippen LogP contribution in [0.5, 0.6) is 0 Å². The van der Waals surface area contributed by atoms with E-state index in [0.29, 0.717) is 5.56 Å². The molecule has 0 aliphatic heterocycles. The molecule has 1 unspecified atom stereocenters. The van der Waals surface area contributed by atoms with Crippen LogP contribution < -0.4 is 5.32 Å². The summed E-state index contributed by atoms with van der Waals surface area (Å²) in [6.45, 7) is 5.73. The van der Waals surface area contributed by atoms with Crippen LogP contribution in [-0.4, -0.2) is 5.91 Å². The van der Waals surface area contributed by atoms with Crippen molar-refractivity contribution in [3.8, 4) is 0 Å². The van der Waals surface area contributed by atoms with Crippen molar-refractivity contribution in [3.63, 3.8) is 0 Å². The number of hydrogen-bond donors (Lipinski definition) is 1. The van der Waals surface area contributed by atoms with Crippen molar-refractivity contribution in [2.75, 3.05) is 0 Å². The molecule has 0 fully saturated rings. The van der Waals surface area contributed by atoms with Crippen LogP contribution in [0.1, 0.15) is 40.4 Å². The molecule has 0 spiro atoms. The van der Waals surface area contributed by atoms with E-state index in [4.69, 9.17) is 4.42 Å². The van der Waals surface area contributed by atoms with E-state index in [1.807, 2.05) is 57.2 Å². The summed E-state index contributed by atoms with van der Waals surface area (Å²) in [5.41, 5.74) is 1.67. The molecule has 0 bridgehead atoms. The first-order valence-corrected chi connectivity index (χ1v) is 6.01. The van der Waals surface area contributed by atoms with E-state index in [1.165, 1.54) is 0 Å². The Labute approximate surface area is 107 Å². The molecule has 0 saturated heterocycles. The highest BCUT2D eigenvalue weighted by Gasteiger charge is 2.14. The van der Waals surface area contributed by atoms with Crippen LogP contribution in [0.2, 0.25) is 0 Å². The quantitative estimate of drug-likeness (QED) is 0.897. The molecule has 2 aromatic rings. The zero-order valence-electron chi connectivity index (χ0n) is 10.9. The number of carbonyl (C=O) groups excluding carboxylic acids is 1. The van der Waals surface area contributed by atoms with E-state index in [9.17, 15) is 4.79 Å². The van der Waals surface area contributed by atoms with Gasteiger partial charge in [-0.2, -0.15) is 0 Å². The van der Waals surface area contributed by atoms with Crippen molar-refractivity contribution >= 4 is 5.91 Å². The highest BCUT2D eigenvalue weighted by Crippen LogP contribution is 2.16. The Morgan fingerprint density at radius 2 is 1.89 bits per heavy atom. The van der Waals surface area contributed by atoms with Crippen molar-refractivity contribution < 1.29 is 9.21 Å². The van der Waals surface area contributed by atoms with Crippen LogP contribution in [-0.2, 0) is 0 Å². The minimum absolute atomic E-state index is 0.0744. The van der Waals surface area contributed by atoms with Gasteiger partial charge in [-0.15, -0.1) is 0 Å². The van der Waals surface area contributed by atoms with E-state index in [-0.39, 0.29) is 11.9 Å². The second kappa shape index (κ2) is 5.08. The summed E-state index contributed by atoms with van der Waals surface area (Å²) >= 11 is 0. The minimum atomic E-state index is -0.134. The topological polar surface area (TPSA) is 42.2 Å². The number of aryl methyl sites for hydroxylation is 2. The molecule has 18 heavy (non-hydrogen) atoms. The number of amides is 1. The summed E-state index contributed by atoms with van der Waals surface area (Å²) < 4.78 is 5.50. The minimum Gasteiger partial charge on any atom is -0.464 e. The Balaban J connectivity index is 2.10. The SMILES string of the molecule is Cc1ccc(C(C)NC(=O)c2ccccc2C)o1. The normalized spacial score (nSPS) is 12.2. The molecular formula is C15H17NO2. The lowest BCUT2D eigenvalue weighted by atomic mass is 10.1. The lowest BCUT2D eigenvalue weighted by Crippen LogP contribution is -2.26. The molecule has 0 aliphatic rings. The van der Waals surface area contributed by atoms with Crippen molar-refractivity contribution in [2.24, 2.45) is 0 Å². The molecule has 3 heteroatoms. The van der Waals surface area contributed by atoms with Gasteiger partial charge >= 0.3 is 0 Å². The Kier molecular flexibility index (Phi) is 3.51. The standard InChI is InChI=1S/C15H17NO2/c1-10-6-4-5-7-13(10)15(17)16-12(3)14-9-8-11(2)18-14/h4-9,12H,1-3H3,(H,16,17). The van der Waals surface area contributed by atoms with Crippen molar-refractivity contribution in [3.05, 3.63) is 59.0 Å². The first-order valence-electron chi connectivity index (χ1n) is 6.01. The zero-order chi connectivity index (χ0) is 13.1. The fraction of sp³-hybridized carbons (Fsp3) is 0.267. The molecule has 0 saturated carbocycles. The van der Waals surface area contributed by atoms with Gasteiger partial charge in [0.2, 0.25) is 0 Å². The maximum absolute atomic E-state index is 12.1. The van der Waals surface area contributed by atoms with Crippen LogP contribution in [0.15, 0.2) is 40.8 Å². The number of carbonyl (C=O) groups is 1. The predicted molar refractivity (Wildman–Crippen MR) is 70.5 cm³/mol. The van der Waals surface area contributed by atoms with Gasteiger partial charge in [-0.05, 0) is 44.5 Å². The second-order valence-corrected chi connectivity index (χ2v) is 4.46. The maximum Gasteiger partial charge on any atom is 0.252 e. The van der Waals surface area contributed by atoms with Crippen LogP contribution in [0.3, 0.4) is 0 Å². The van der Waals surface area contributed by atoms with Crippen molar-refractivity contribution in [2.45, 2.75) is 26.8 Å². The van der Waals surface area contributed by atoms with Crippen LogP contribution in [0.4, 0.5) is 0 Å². The third-order valence-electron chi connectivity index (χ3n) is 2.93. The van der Waals surface area contributed by atoms with E-state index in [1.54, 1.807) is 0 Å². The van der Waals surface area contributed by atoms with Crippen molar-refractivity contribution in [1.29, 1.82) is 0 Å². The summed E-state index contributed by atoms with van der Waals surface area (Å²) in [6.07, 6.45) is 0. The first-order chi connectivity index (χ1) is 8.58. The molecule has 3 nitrogen and oxygen atoms in total. The predicted octanol–water partition coefficient (Wildman–Crippen LogP) is 3.39. The molecule has 1 aromatic heterocycles.